The van der Waals surface area contributed by atoms with Gasteiger partial charge in [0.05, 0.1) is 18.8 Å². The lowest BCUT2D eigenvalue weighted by Crippen LogP contribution is -2.59. The minimum atomic E-state index is -0.517. The second-order valence-electron chi connectivity index (χ2n) is 7.97. The molecule has 2 heterocycles. The molecule has 0 radical (unpaired) electrons. The Morgan fingerprint density at radius 2 is 1.86 bits per heavy atom. The number of carbonyl (C=O) groups is 2. The van der Waals surface area contributed by atoms with Gasteiger partial charge < -0.3 is 14.3 Å². The first kappa shape index (κ1) is 18.7. The molecule has 0 bridgehead atoms. The van der Waals surface area contributed by atoms with Crippen LogP contribution < -0.4 is 0 Å². The number of benzene rings is 1. The maximum atomic E-state index is 12.8. The third-order valence-electron chi connectivity index (χ3n) is 5.93. The summed E-state index contributed by atoms with van der Waals surface area (Å²) >= 11 is 0. The fourth-order valence-corrected chi connectivity index (χ4v) is 4.33. The van der Waals surface area contributed by atoms with E-state index in [1.165, 1.54) is 24.2 Å². The van der Waals surface area contributed by atoms with Crippen molar-refractivity contribution in [2.45, 2.75) is 57.0 Å². The molecule has 0 unspecified atom stereocenters. The van der Waals surface area contributed by atoms with Crippen molar-refractivity contribution in [2.75, 3.05) is 13.6 Å². The van der Waals surface area contributed by atoms with Gasteiger partial charge in [-0.25, -0.2) is 0 Å². The normalized spacial score (nSPS) is 21.4. The average Bonchev–Trinajstić information content (AvgIpc) is 3.19. The van der Waals surface area contributed by atoms with E-state index < -0.39 is 6.04 Å². The summed E-state index contributed by atoms with van der Waals surface area (Å²) in [6.07, 6.45) is 6.55. The molecule has 1 aliphatic heterocycles. The van der Waals surface area contributed by atoms with E-state index in [0.717, 1.165) is 24.1 Å². The van der Waals surface area contributed by atoms with Crippen molar-refractivity contribution >= 4 is 11.8 Å². The van der Waals surface area contributed by atoms with Gasteiger partial charge in [0.25, 0.3) is 0 Å². The average molecular weight is 381 g/mol. The molecule has 6 heteroatoms. The molecule has 6 nitrogen and oxygen atoms in total. The monoisotopic (exact) mass is 381 g/mol. The van der Waals surface area contributed by atoms with Crippen LogP contribution in [0.15, 0.2) is 40.9 Å². The standard InChI is InChI=1S/C22H27N3O3/c1-24-15-21(26)25(20(22(24)27)12-16-8-4-2-5-9-16)14-18-13-19(23-28-18)17-10-6-3-7-11-17/h2,4-5,8-9,13,17,20H,3,6-7,10-12,14-15H2,1H3/t20-/m0/s1. The molecule has 0 spiro atoms. The zero-order valence-corrected chi connectivity index (χ0v) is 16.3. The van der Waals surface area contributed by atoms with E-state index >= 15 is 0 Å². The molecule has 2 fully saturated rings. The van der Waals surface area contributed by atoms with Gasteiger partial charge in [-0.05, 0) is 18.4 Å². The molecule has 1 saturated carbocycles. The summed E-state index contributed by atoms with van der Waals surface area (Å²) < 4.78 is 5.56. The highest BCUT2D eigenvalue weighted by molar-refractivity contribution is 5.94. The SMILES string of the molecule is CN1CC(=O)N(Cc2cc(C3CCCCC3)no2)[C@@H](Cc2ccccc2)C1=O. The van der Waals surface area contributed by atoms with E-state index in [-0.39, 0.29) is 24.9 Å². The van der Waals surface area contributed by atoms with E-state index in [9.17, 15) is 9.59 Å². The summed E-state index contributed by atoms with van der Waals surface area (Å²) in [5.74, 6) is 1.02. The number of amides is 2. The molecule has 1 atom stereocenters. The number of hydrogen-bond donors (Lipinski definition) is 0. The van der Waals surface area contributed by atoms with Crippen LogP contribution in [0, 0.1) is 0 Å². The lowest BCUT2D eigenvalue weighted by atomic mass is 9.87. The van der Waals surface area contributed by atoms with Crippen LogP contribution in [0.1, 0.15) is 55.0 Å². The summed E-state index contributed by atoms with van der Waals surface area (Å²) in [6, 6.07) is 11.3. The number of piperazine rings is 1. The maximum absolute atomic E-state index is 12.8. The Kier molecular flexibility index (Phi) is 5.46. The Morgan fingerprint density at radius 3 is 2.61 bits per heavy atom. The van der Waals surface area contributed by atoms with Crippen LogP contribution in [0.4, 0.5) is 0 Å². The van der Waals surface area contributed by atoms with Gasteiger partial charge in [-0.1, -0.05) is 54.8 Å². The predicted octanol–water partition coefficient (Wildman–Crippen LogP) is 3.13. The van der Waals surface area contributed by atoms with Crippen LogP contribution in [-0.2, 0) is 22.6 Å². The molecule has 2 amide bonds. The van der Waals surface area contributed by atoms with Gasteiger partial charge in [0, 0.05) is 25.5 Å². The molecular weight excluding hydrogens is 354 g/mol. The van der Waals surface area contributed by atoms with E-state index in [4.69, 9.17) is 4.52 Å². The van der Waals surface area contributed by atoms with Gasteiger partial charge in [0.15, 0.2) is 5.76 Å². The van der Waals surface area contributed by atoms with Gasteiger partial charge >= 0.3 is 0 Å². The lowest BCUT2D eigenvalue weighted by Gasteiger charge is -2.38. The largest absolute Gasteiger partial charge is 0.359 e. The number of hydrogen-bond acceptors (Lipinski definition) is 4. The van der Waals surface area contributed by atoms with Crippen molar-refractivity contribution in [1.29, 1.82) is 0 Å². The van der Waals surface area contributed by atoms with Crippen molar-refractivity contribution in [2.24, 2.45) is 0 Å². The van der Waals surface area contributed by atoms with Crippen molar-refractivity contribution in [1.82, 2.24) is 15.0 Å². The summed E-state index contributed by atoms with van der Waals surface area (Å²) in [4.78, 5) is 28.7. The molecule has 0 N–H and O–H groups in total. The van der Waals surface area contributed by atoms with Crippen LogP contribution in [0.25, 0.3) is 0 Å². The van der Waals surface area contributed by atoms with E-state index in [1.54, 1.807) is 11.9 Å². The Hall–Kier alpha value is -2.63. The van der Waals surface area contributed by atoms with Crippen LogP contribution in [-0.4, -0.2) is 46.4 Å². The predicted molar refractivity (Wildman–Crippen MR) is 104 cm³/mol. The van der Waals surface area contributed by atoms with Crippen molar-refractivity contribution in [3.63, 3.8) is 0 Å². The molecule has 28 heavy (non-hydrogen) atoms. The van der Waals surface area contributed by atoms with Crippen LogP contribution >= 0.6 is 0 Å². The number of nitrogens with zero attached hydrogens (tertiary/aromatic N) is 3. The summed E-state index contributed by atoms with van der Waals surface area (Å²) in [5, 5.41) is 4.27. The van der Waals surface area contributed by atoms with E-state index in [2.05, 4.69) is 5.16 Å². The summed E-state index contributed by atoms with van der Waals surface area (Å²) in [6.45, 7) is 0.392. The first-order valence-electron chi connectivity index (χ1n) is 10.2. The third kappa shape index (κ3) is 3.96. The summed E-state index contributed by atoms with van der Waals surface area (Å²) in [5.41, 5.74) is 2.02. The topological polar surface area (TPSA) is 66.7 Å². The van der Waals surface area contributed by atoms with Crippen LogP contribution in [0.5, 0.6) is 0 Å². The number of likely N-dealkylation sites (N-methyl/N-ethyl adjacent to an activating group) is 1. The second-order valence-corrected chi connectivity index (χ2v) is 7.97. The first-order chi connectivity index (χ1) is 13.6. The highest BCUT2D eigenvalue weighted by Crippen LogP contribution is 2.32. The molecule has 1 aromatic heterocycles. The van der Waals surface area contributed by atoms with E-state index in [0.29, 0.717) is 18.1 Å². The zero-order valence-electron chi connectivity index (χ0n) is 16.3. The number of aromatic nitrogens is 1. The van der Waals surface area contributed by atoms with Crippen LogP contribution in [0.2, 0.25) is 0 Å². The lowest BCUT2D eigenvalue weighted by molar-refractivity contribution is -0.155. The minimum absolute atomic E-state index is 0.0320. The smallest absolute Gasteiger partial charge is 0.245 e. The minimum Gasteiger partial charge on any atom is -0.359 e. The summed E-state index contributed by atoms with van der Waals surface area (Å²) in [7, 11) is 1.69. The highest BCUT2D eigenvalue weighted by atomic mass is 16.5. The first-order valence-corrected chi connectivity index (χ1v) is 10.2. The van der Waals surface area contributed by atoms with Crippen LogP contribution in [0.3, 0.4) is 0 Å². The van der Waals surface area contributed by atoms with Crippen molar-refractivity contribution < 1.29 is 14.1 Å². The van der Waals surface area contributed by atoms with Gasteiger partial charge in [0.2, 0.25) is 11.8 Å². The fourth-order valence-electron chi connectivity index (χ4n) is 4.33. The van der Waals surface area contributed by atoms with E-state index in [1.807, 2.05) is 36.4 Å². The van der Waals surface area contributed by atoms with Gasteiger partial charge in [-0.2, -0.15) is 0 Å². The Bertz CT molecular complexity index is 827. The van der Waals surface area contributed by atoms with Gasteiger partial charge in [-0.15, -0.1) is 0 Å². The Labute approximate surface area is 165 Å². The van der Waals surface area contributed by atoms with Crippen molar-refractivity contribution in [3.8, 4) is 0 Å². The Balaban J connectivity index is 1.52. The molecule has 1 aromatic carbocycles. The Morgan fingerprint density at radius 1 is 1.11 bits per heavy atom. The molecular formula is C22H27N3O3. The van der Waals surface area contributed by atoms with Crippen molar-refractivity contribution in [3.05, 3.63) is 53.4 Å². The molecule has 2 aromatic rings. The molecule has 1 aliphatic carbocycles. The second kappa shape index (κ2) is 8.17. The zero-order chi connectivity index (χ0) is 19.5. The van der Waals surface area contributed by atoms with Gasteiger partial charge in [0.1, 0.15) is 6.04 Å². The quantitative estimate of drug-likeness (QED) is 0.798. The fraction of sp³-hybridized carbons (Fsp3) is 0.500. The number of rotatable bonds is 5. The maximum Gasteiger partial charge on any atom is 0.245 e. The molecule has 4 rings (SSSR count). The number of carbonyl (C=O) groups excluding carboxylic acids is 2. The molecule has 148 valence electrons. The highest BCUT2D eigenvalue weighted by Gasteiger charge is 2.38. The molecule has 2 aliphatic rings. The third-order valence-corrected chi connectivity index (χ3v) is 5.93. The molecule has 1 saturated heterocycles. The van der Waals surface area contributed by atoms with Gasteiger partial charge in [-0.3, -0.25) is 9.59 Å².